The van der Waals surface area contributed by atoms with E-state index in [1.165, 1.54) is 45.1 Å². The van der Waals surface area contributed by atoms with Crippen molar-refractivity contribution in [1.29, 1.82) is 5.41 Å². The van der Waals surface area contributed by atoms with E-state index in [1.54, 1.807) is 62.5 Å². The Morgan fingerprint density at radius 3 is 1.82 bits per heavy atom. The van der Waals surface area contributed by atoms with E-state index in [9.17, 15) is 53.4 Å². The summed E-state index contributed by atoms with van der Waals surface area (Å²) in [7, 11) is 3.93. The number of anilines is 1. The molecule has 46 heteroatoms. The van der Waals surface area contributed by atoms with Crippen LogP contribution in [0.1, 0.15) is 154 Å². The Labute approximate surface area is 792 Å². The predicted molar refractivity (Wildman–Crippen MR) is 505 cm³/mol. The van der Waals surface area contributed by atoms with E-state index in [1.807, 2.05) is 39.0 Å². The van der Waals surface area contributed by atoms with Crippen molar-refractivity contribution in [3.8, 4) is 0 Å². The molecule has 0 spiro atoms. The van der Waals surface area contributed by atoms with Crippen molar-refractivity contribution >= 4 is 146 Å². The lowest BCUT2D eigenvalue weighted by molar-refractivity contribution is -0.149. The smallest absolute Gasteiger partial charge is 0.246 e. The van der Waals surface area contributed by atoms with Gasteiger partial charge in [-0.05, 0) is 112 Å². The quantitative estimate of drug-likeness (QED) is 0.0160. The van der Waals surface area contributed by atoms with Crippen LogP contribution in [-0.2, 0) is 94.3 Å². The average Bonchev–Trinajstić information content (AvgIpc) is 1.63. The van der Waals surface area contributed by atoms with Crippen molar-refractivity contribution in [3.05, 3.63) is 95.7 Å². The summed E-state index contributed by atoms with van der Waals surface area (Å²) in [5, 5.41) is 63.5. The van der Waals surface area contributed by atoms with Crippen molar-refractivity contribution in [2.75, 3.05) is 77.3 Å². The highest BCUT2D eigenvalue weighted by Crippen LogP contribution is 2.39. The number of primary amides is 2. The van der Waals surface area contributed by atoms with Crippen LogP contribution in [0.2, 0.25) is 0 Å². The molecule has 0 aliphatic carbocycles. The number of carbonyl (C=O) groups is 17. The Balaban J connectivity index is 1.20. The van der Waals surface area contributed by atoms with Crippen molar-refractivity contribution in [3.63, 3.8) is 0 Å². The normalized spacial score (nSPS) is 26.0. The van der Waals surface area contributed by atoms with Gasteiger partial charge in [-0.3, -0.25) is 86.9 Å². The summed E-state index contributed by atoms with van der Waals surface area (Å²) in [6.07, 6.45) is -0.205. The van der Waals surface area contributed by atoms with E-state index in [0.717, 1.165) is 42.6 Å². The van der Waals surface area contributed by atoms with Gasteiger partial charge in [0.25, 0.3) is 0 Å². The molecule has 3 saturated heterocycles. The summed E-state index contributed by atoms with van der Waals surface area (Å²) in [6.45, 7) is 7.27. The van der Waals surface area contributed by atoms with Crippen molar-refractivity contribution < 1.29 is 91.7 Å². The molecule has 5 heterocycles. The second-order valence-corrected chi connectivity index (χ2v) is 36.3. The third-order valence-electron chi connectivity index (χ3n) is 24.6. The number of nitrogens with two attached hydrogens (primary N) is 6. The summed E-state index contributed by atoms with van der Waals surface area (Å²) >= 11 is 0.762. The molecule has 0 saturated carbocycles. The SMILES string of the molecule is CCCC[C@H]1C(=O)N(C)[C@@H](CCCC)C(=O)N[C@@H](CCCNC(=N)N)C(=O)N[C@H](C(=O)NCC(N)=O)CSCC(=O)N[C@@H](Cc2ccc(N=C(N)N)cc2)C(=O)N(C)[C@@H](C)C(=O)N[C@@H](CC(N)=O)C(=O)N2CCC[C@H]2C(=O)N[C@@H](CN)C(=O)N[C@@H](CC(C)C)C(=O)N2C[C@H](O)CC2C(=O)N[C@@H](Cc2c[nH]c3ccccc23)C(=O)N[C@@H](CO)C(=O)N[C@@H](CC2c3ccccc3NC2C)C(=O)N1C. The number of fused-ring (bicyclic) bond motifs is 4. The summed E-state index contributed by atoms with van der Waals surface area (Å²) in [5.41, 5.74) is 37.6. The molecule has 0 bridgehead atoms. The van der Waals surface area contributed by atoms with Crippen LogP contribution in [0.25, 0.3) is 10.9 Å². The van der Waals surface area contributed by atoms with Crippen LogP contribution >= 0.6 is 11.8 Å². The van der Waals surface area contributed by atoms with Gasteiger partial charge in [-0.15, -0.1) is 11.8 Å². The molecule has 8 rings (SSSR count). The van der Waals surface area contributed by atoms with Crippen LogP contribution in [0.5, 0.6) is 0 Å². The number of amides is 17. The average molecular weight is 1920 g/mol. The minimum absolute atomic E-state index is 0.00323. The number of nitrogens with one attached hydrogen (secondary N) is 14. The first kappa shape index (κ1) is 108. The number of benzene rings is 3. The molecule has 45 nitrogen and oxygen atoms in total. The number of para-hydroxylation sites is 2. The van der Waals surface area contributed by atoms with Gasteiger partial charge in [0.2, 0.25) is 100 Å². The van der Waals surface area contributed by atoms with E-state index < -0.39 is 254 Å². The Kier molecular flexibility index (Phi) is 40.9. The van der Waals surface area contributed by atoms with Crippen LogP contribution in [0.3, 0.4) is 0 Å². The zero-order chi connectivity index (χ0) is 100. The zero-order valence-electron chi connectivity index (χ0n) is 78.3. The first-order valence-corrected chi connectivity index (χ1v) is 47.0. The minimum atomic E-state index is -1.88. The molecular weight excluding hydrogens is 1780 g/mol. The molecule has 4 aliphatic heterocycles. The number of aliphatic imine (C=N–C) groups is 1. The minimum Gasteiger partial charge on any atom is -0.394 e. The number of aromatic nitrogens is 1. The fourth-order valence-corrected chi connectivity index (χ4v) is 17.9. The zero-order valence-corrected chi connectivity index (χ0v) is 79.1. The molecule has 1 aromatic heterocycles. The van der Waals surface area contributed by atoms with Gasteiger partial charge in [-0.1, -0.05) is 102 Å². The molecule has 136 heavy (non-hydrogen) atoms. The van der Waals surface area contributed by atoms with Crippen LogP contribution in [0.15, 0.2) is 84.0 Å². The number of aromatic amines is 1. The van der Waals surface area contributed by atoms with E-state index in [-0.39, 0.29) is 95.2 Å². The summed E-state index contributed by atoms with van der Waals surface area (Å²) in [4.78, 5) is 262. The van der Waals surface area contributed by atoms with Crippen LogP contribution in [-0.4, -0.2) is 321 Å². The number of hydrogen-bond donors (Lipinski definition) is 22. The number of rotatable bonds is 26. The molecule has 744 valence electrons. The lowest BCUT2D eigenvalue weighted by Crippen LogP contribution is -2.62. The standard InChI is InChI=1S/C90H134N26O19S/c1-10-12-25-68-81(128)104-59(24-18-32-98-89(94)95)77(124)111-67(76(123)100-42-73(93)120)45-136-46-74(121)103-62(35-50-28-30-52(31-29-50)102-90(96)97)84(131)112(7)49(6)75(122)106-64(39-72(92)119)86(133)115-33-19-27-69(115)82(129)109-65(40-91)79(126)107-61(34-47(3)4)87(134)116-43-53(118)37-71(116)83(130)105-60(36-51-41-99-57-22-16-14-20-54(51)57)78(125)110-66(44-117)80(127)108-63(38-56-48(5)101-58-23-17-15-21-55(56)58)85(132)114(9)70(26-13-11-2)88(135)113(68)8/h14-17,20-23,28-31,41,47-49,53,56,59-71,99,101,117-118H,10-13,18-19,24-27,32-40,42-46,91H2,1-9H3,(H2,92,119)(H2,93,120)(H,100,123)(H,103,121)(H,104,128)(H,105,130)(H,106,122)(H,107,126)(H,108,127)(H,109,129)(H,110,125)(H,111,124)(H4,94,95,98)(H4,96,97,102)/t48?,49-,53+,56?,59-,60-,61-,62-,63-,64-,65-,66-,67-,68-,69-,70-,71?/m0/s1. The lowest BCUT2D eigenvalue weighted by Gasteiger charge is -2.37. The first-order valence-electron chi connectivity index (χ1n) is 45.8. The third-order valence-corrected chi connectivity index (χ3v) is 25.6. The maximum absolute atomic E-state index is 15.9. The van der Waals surface area contributed by atoms with Crippen LogP contribution in [0, 0.1) is 11.3 Å². The lowest BCUT2D eigenvalue weighted by atomic mass is 9.88. The molecular formula is C90H134N26O19S. The predicted octanol–water partition coefficient (Wildman–Crippen LogP) is -4.47. The molecule has 28 N–H and O–H groups in total. The van der Waals surface area contributed by atoms with Gasteiger partial charge in [-0.25, -0.2) is 4.99 Å². The van der Waals surface area contributed by atoms with Gasteiger partial charge in [0.05, 0.1) is 37.1 Å². The van der Waals surface area contributed by atoms with Gasteiger partial charge in [0.15, 0.2) is 11.9 Å². The highest BCUT2D eigenvalue weighted by Gasteiger charge is 2.47. The number of unbranched alkanes of at least 4 members (excludes halogenated alkanes) is 2. The van der Waals surface area contributed by atoms with Crippen molar-refractivity contribution in [2.24, 2.45) is 45.3 Å². The maximum atomic E-state index is 15.9. The second kappa shape index (κ2) is 51.5. The third kappa shape index (κ3) is 30.1. The molecule has 17 amide bonds. The number of aliphatic hydroxyl groups excluding tert-OH is 2. The van der Waals surface area contributed by atoms with E-state index >= 15 is 38.4 Å². The summed E-state index contributed by atoms with van der Waals surface area (Å²) in [6, 6.07) is -1.83. The van der Waals surface area contributed by atoms with E-state index in [2.05, 4.69) is 73.8 Å². The molecule has 0 radical (unpaired) electrons. The molecule has 3 aromatic carbocycles. The number of likely N-dealkylation sites (N-methyl/N-ethyl adjacent to an activating group) is 3. The first-order chi connectivity index (χ1) is 64.6. The Bertz CT molecular complexity index is 4980. The summed E-state index contributed by atoms with van der Waals surface area (Å²) in [5.74, 6) is -18.7. The number of carbonyl (C=O) groups excluding carboxylic acids is 17. The Hall–Kier alpha value is -13.2. The number of H-pyrrole nitrogens is 1. The molecule has 3 unspecified atom stereocenters. The van der Waals surface area contributed by atoms with Crippen molar-refractivity contribution in [2.45, 2.75) is 247 Å². The van der Waals surface area contributed by atoms with E-state index in [4.69, 9.17) is 39.8 Å². The topological polar surface area (TPSA) is 699 Å². The fraction of sp³-hybridized carbons (Fsp3) is 0.567. The van der Waals surface area contributed by atoms with Crippen molar-refractivity contribution in [1.82, 2.24) is 88.0 Å². The summed E-state index contributed by atoms with van der Waals surface area (Å²) < 4.78 is 0. The second-order valence-electron chi connectivity index (χ2n) is 35.3. The fourth-order valence-electron chi connectivity index (χ4n) is 17.1. The Morgan fingerprint density at radius 2 is 1.17 bits per heavy atom. The number of aliphatic hydroxyl groups is 2. The number of nitrogens with zero attached hydrogens (tertiary/aromatic N) is 6. The van der Waals surface area contributed by atoms with Gasteiger partial charge in [0.1, 0.15) is 84.6 Å². The monoisotopic (exact) mass is 1920 g/mol. The maximum Gasteiger partial charge on any atom is 0.246 e. The van der Waals surface area contributed by atoms with Gasteiger partial charge < -0.3 is 138 Å². The number of hydrogen-bond acceptors (Lipinski definition) is 24. The van der Waals surface area contributed by atoms with Gasteiger partial charge in [-0.2, -0.15) is 0 Å². The molecule has 4 aliphatic rings. The van der Waals surface area contributed by atoms with E-state index in [0.29, 0.717) is 53.4 Å². The van der Waals surface area contributed by atoms with Gasteiger partial charge >= 0.3 is 0 Å². The number of thioether (sulfide) groups is 1. The molecule has 17 atom stereocenters. The highest BCUT2D eigenvalue weighted by molar-refractivity contribution is 8.00. The highest BCUT2D eigenvalue weighted by atomic mass is 32.2. The van der Waals surface area contributed by atoms with Crippen LogP contribution < -0.4 is 98.2 Å². The van der Waals surface area contributed by atoms with Crippen LogP contribution in [0.4, 0.5) is 11.4 Å². The Morgan fingerprint density at radius 1 is 0.581 bits per heavy atom. The molecule has 3 fully saturated rings. The largest absolute Gasteiger partial charge is 0.394 e. The van der Waals surface area contributed by atoms with Gasteiger partial charge in [0, 0.05) is 107 Å². The number of guanidine groups is 2. The molecule has 4 aromatic rings.